The second kappa shape index (κ2) is 3.83. The highest BCUT2D eigenvalue weighted by Crippen LogP contribution is 2.24. The van der Waals surface area contributed by atoms with Gasteiger partial charge in [0.2, 0.25) is 5.28 Å². The zero-order chi connectivity index (χ0) is 11.0. The number of benzene rings is 1. The first kappa shape index (κ1) is 10.4. The molecule has 2 aromatic rings. The Labute approximate surface area is 98.7 Å². The van der Waals surface area contributed by atoms with Crippen molar-refractivity contribution in [1.29, 1.82) is 0 Å². The highest BCUT2D eigenvalue weighted by atomic mass is 79.9. The normalized spacial score (nSPS) is 10.6. The van der Waals surface area contributed by atoms with E-state index >= 15 is 0 Å². The first-order chi connectivity index (χ1) is 7.11. The first-order valence-corrected chi connectivity index (χ1v) is 5.22. The van der Waals surface area contributed by atoms with E-state index in [-0.39, 0.29) is 5.28 Å². The van der Waals surface area contributed by atoms with E-state index in [9.17, 15) is 4.79 Å². The van der Waals surface area contributed by atoms with Gasteiger partial charge < -0.3 is 9.72 Å². The molecule has 2 rings (SSSR count). The van der Waals surface area contributed by atoms with Gasteiger partial charge in [0.25, 0.3) is 0 Å². The summed E-state index contributed by atoms with van der Waals surface area (Å²) in [4.78, 5) is 18.3. The van der Waals surface area contributed by atoms with Crippen LogP contribution in [-0.2, 0) is 4.74 Å². The third-order valence-electron chi connectivity index (χ3n) is 1.93. The quantitative estimate of drug-likeness (QED) is 0.821. The molecule has 0 bridgehead atoms. The Morgan fingerprint density at radius 1 is 1.60 bits per heavy atom. The van der Waals surface area contributed by atoms with Crippen LogP contribution < -0.4 is 0 Å². The summed E-state index contributed by atoms with van der Waals surface area (Å²) in [6, 6.07) is 3.44. The van der Waals surface area contributed by atoms with Gasteiger partial charge >= 0.3 is 5.97 Å². The van der Waals surface area contributed by atoms with Crippen molar-refractivity contribution >= 4 is 44.5 Å². The molecule has 0 fully saturated rings. The SMILES string of the molecule is COC(=O)c1cc(Br)cc2[nH]c(Cl)nc12. The summed E-state index contributed by atoms with van der Waals surface area (Å²) >= 11 is 9.01. The van der Waals surface area contributed by atoms with E-state index in [1.807, 2.05) is 0 Å². The number of aromatic amines is 1. The fraction of sp³-hybridized carbons (Fsp3) is 0.111. The molecule has 0 aliphatic rings. The number of fused-ring (bicyclic) bond motifs is 1. The van der Waals surface area contributed by atoms with E-state index < -0.39 is 5.97 Å². The Morgan fingerprint density at radius 3 is 3.00 bits per heavy atom. The van der Waals surface area contributed by atoms with Crippen molar-refractivity contribution in [3.8, 4) is 0 Å². The molecule has 0 amide bonds. The number of imidazole rings is 1. The number of carbonyl (C=O) groups is 1. The highest BCUT2D eigenvalue weighted by Gasteiger charge is 2.14. The van der Waals surface area contributed by atoms with Crippen molar-refractivity contribution in [2.75, 3.05) is 7.11 Å². The minimum absolute atomic E-state index is 0.244. The molecule has 15 heavy (non-hydrogen) atoms. The Hall–Kier alpha value is -1.07. The predicted molar refractivity (Wildman–Crippen MR) is 60.1 cm³/mol. The number of ether oxygens (including phenoxy) is 1. The lowest BCUT2D eigenvalue weighted by Crippen LogP contribution is -2.02. The van der Waals surface area contributed by atoms with E-state index in [2.05, 4.69) is 30.6 Å². The van der Waals surface area contributed by atoms with Crippen LogP contribution in [0.1, 0.15) is 10.4 Å². The first-order valence-electron chi connectivity index (χ1n) is 4.05. The van der Waals surface area contributed by atoms with Crippen LogP contribution >= 0.6 is 27.5 Å². The molecule has 0 spiro atoms. The molecule has 1 heterocycles. The Kier molecular flexibility index (Phi) is 2.67. The molecule has 0 unspecified atom stereocenters. The van der Waals surface area contributed by atoms with E-state index in [4.69, 9.17) is 11.6 Å². The summed E-state index contributed by atoms with van der Waals surface area (Å²) in [5.74, 6) is -0.440. The molecular formula is C9H6BrClN2O2. The second-order valence-corrected chi connectivity index (χ2v) is 4.14. The van der Waals surface area contributed by atoms with Crippen molar-refractivity contribution in [1.82, 2.24) is 9.97 Å². The molecule has 0 saturated heterocycles. The maximum Gasteiger partial charge on any atom is 0.340 e. The summed E-state index contributed by atoms with van der Waals surface area (Å²) in [5, 5.41) is 0.244. The maximum absolute atomic E-state index is 11.4. The van der Waals surface area contributed by atoms with E-state index in [1.165, 1.54) is 7.11 Å². The summed E-state index contributed by atoms with van der Waals surface area (Å²) in [6.07, 6.45) is 0. The lowest BCUT2D eigenvalue weighted by molar-refractivity contribution is 0.0602. The molecule has 0 atom stereocenters. The maximum atomic E-state index is 11.4. The number of nitrogens with one attached hydrogen (secondary N) is 1. The average Bonchev–Trinajstić information content (AvgIpc) is 2.55. The average molecular weight is 290 g/mol. The van der Waals surface area contributed by atoms with E-state index in [1.54, 1.807) is 12.1 Å². The van der Waals surface area contributed by atoms with Crippen LogP contribution in [0.3, 0.4) is 0 Å². The van der Waals surface area contributed by atoms with E-state index in [0.717, 1.165) is 4.47 Å². The Morgan fingerprint density at radius 2 is 2.33 bits per heavy atom. The monoisotopic (exact) mass is 288 g/mol. The topological polar surface area (TPSA) is 55.0 Å². The van der Waals surface area contributed by atoms with Crippen LogP contribution in [0, 0.1) is 0 Å². The molecule has 0 aliphatic carbocycles. The lowest BCUT2D eigenvalue weighted by Gasteiger charge is -2.00. The van der Waals surface area contributed by atoms with Crippen molar-refractivity contribution in [2.24, 2.45) is 0 Å². The summed E-state index contributed by atoms with van der Waals surface area (Å²) < 4.78 is 5.41. The molecule has 4 nitrogen and oxygen atoms in total. The number of carbonyl (C=O) groups excluding carboxylic acids is 1. The number of hydrogen-bond donors (Lipinski definition) is 1. The largest absolute Gasteiger partial charge is 0.465 e. The zero-order valence-corrected chi connectivity index (χ0v) is 10.0. The number of methoxy groups -OCH3 is 1. The number of esters is 1. The van der Waals surface area contributed by atoms with Crippen molar-refractivity contribution in [3.05, 3.63) is 27.5 Å². The van der Waals surface area contributed by atoms with Crippen molar-refractivity contribution in [3.63, 3.8) is 0 Å². The molecular weight excluding hydrogens is 283 g/mol. The van der Waals surface area contributed by atoms with E-state index in [0.29, 0.717) is 16.6 Å². The van der Waals surface area contributed by atoms with Gasteiger partial charge in [0.15, 0.2) is 0 Å². The molecule has 1 aromatic heterocycles. The molecule has 1 aromatic carbocycles. The fourth-order valence-corrected chi connectivity index (χ4v) is 1.96. The smallest absolute Gasteiger partial charge is 0.340 e. The molecule has 0 radical (unpaired) electrons. The summed E-state index contributed by atoms with van der Waals surface area (Å²) in [5.41, 5.74) is 1.58. The van der Waals surface area contributed by atoms with Gasteiger partial charge in [0, 0.05) is 4.47 Å². The minimum Gasteiger partial charge on any atom is -0.465 e. The molecule has 1 N–H and O–H groups in total. The lowest BCUT2D eigenvalue weighted by atomic mass is 10.2. The number of H-pyrrole nitrogens is 1. The van der Waals surface area contributed by atoms with Crippen LogP contribution in [0.4, 0.5) is 0 Å². The van der Waals surface area contributed by atoms with Gasteiger partial charge in [-0.1, -0.05) is 15.9 Å². The highest BCUT2D eigenvalue weighted by molar-refractivity contribution is 9.10. The van der Waals surface area contributed by atoms with Gasteiger partial charge in [-0.05, 0) is 23.7 Å². The van der Waals surface area contributed by atoms with Gasteiger partial charge in [-0.2, -0.15) is 0 Å². The number of nitrogens with zero attached hydrogens (tertiary/aromatic N) is 1. The van der Waals surface area contributed by atoms with Gasteiger partial charge in [0.1, 0.15) is 5.52 Å². The van der Waals surface area contributed by atoms with Crippen LogP contribution in [0.2, 0.25) is 5.28 Å². The zero-order valence-electron chi connectivity index (χ0n) is 7.67. The van der Waals surface area contributed by atoms with Crippen molar-refractivity contribution < 1.29 is 9.53 Å². The Bertz CT molecular complexity index is 538. The summed E-state index contributed by atoms with van der Waals surface area (Å²) in [7, 11) is 1.32. The van der Waals surface area contributed by atoms with Crippen molar-refractivity contribution in [2.45, 2.75) is 0 Å². The third-order valence-corrected chi connectivity index (χ3v) is 2.56. The Balaban J connectivity index is 2.75. The predicted octanol–water partition coefficient (Wildman–Crippen LogP) is 2.77. The van der Waals surface area contributed by atoms with Gasteiger partial charge in [-0.15, -0.1) is 0 Å². The van der Waals surface area contributed by atoms with Crippen LogP contribution in [0.5, 0.6) is 0 Å². The van der Waals surface area contributed by atoms with Gasteiger partial charge in [-0.25, -0.2) is 9.78 Å². The number of aromatic nitrogens is 2. The second-order valence-electron chi connectivity index (χ2n) is 2.87. The number of rotatable bonds is 1. The standard InChI is InChI=1S/C9H6BrClN2O2/c1-15-8(14)5-2-4(10)3-6-7(5)13-9(11)12-6/h2-3H,1H3,(H,12,13). The molecule has 0 aliphatic heterocycles. The number of hydrogen-bond acceptors (Lipinski definition) is 3. The molecule has 0 saturated carbocycles. The number of halogens is 2. The molecule has 6 heteroatoms. The van der Waals surface area contributed by atoms with Crippen LogP contribution in [-0.4, -0.2) is 23.0 Å². The van der Waals surface area contributed by atoms with Crippen LogP contribution in [0.15, 0.2) is 16.6 Å². The van der Waals surface area contributed by atoms with Gasteiger partial charge in [-0.3, -0.25) is 0 Å². The molecule has 78 valence electrons. The summed E-state index contributed by atoms with van der Waals surface area (Å²) in [6.45, 7) is 0. The fourth-order valence-electron chi connectivity index (χ4n) is 1.32. The van der Waals surface area contributed by atoms with Crippen LogP contribution in [0.25, 0.3) is 11.0 Å². The minimum atomic E-state index is -0.440. The van der Waals surface area contributed by atoms with Gasteiger partial charge in [0.05, 0.1) is 18.2 Å². The third kappa shape index (κ3) is 1.85.